The van der Waals surface area contributed by atoms with E-state index in [4.69, 9.17) is 25.8 Å². The van der Waals surface area contributed by atoms with Crippen molar-refractivity contribution in [3.8, 4) is 11.5 Å². The first-order valence-electron chi connectivity index (χ1n) is 10.6. The quantitative estimate of drug-likeness (QED) is 0.698. The number of rotatable bonds is 6. The molecule has 2 aliphatic rings. The zero-order valence-corrected chi connectivity index (χ0v) is 17.9. The summed E-state index contributed by atoms with van der Waals surface area (Å²) in [6.07, 6.45) is 3.41. The fourth-order valence-corrected chi connectivity index (χ4v) is 4.58. The van der Waals surface area contributed by atoms with E-state index in [0.29, 0.717) is 30.9 Å². The lowest BCUT2D eigenvalue weighted by molar-refractivity contribution is -0.0898. The third kappa shape index (κ3) is 4.55. The number of halogens is 1. The first-order valence-corrected chi connectivity index (χ1v) is 10.9. The Morgan fingerprint density at radius 3 is 2.72 bits per heavy atom. The standard InChI is InChI=1S/C24H29ClO4/c1-3-9-27-19-6-4-16(5-7-19)12-17-13-21(20-8-10-28-24(20)23(17)25)22-14-18(26)11-15(2)29-22/h4-7,13,15,18,22,26H,3,8-12,14H2,1-2H3. The minimum atomic E-state index is -0.337. The van der Waals surface area contributed by atoms with Gasteiger partial charge in [-0.2, -0.15) is 0 Å². The molecule has 0 saturated carbocycles. The summed E-state index contributed by atoms with van der Waals surface area (Å²) in [4.78, 5) is 0. The van der Waals surface area contributed by atoms with Gasteiger partial charge in [0.15, 0.2) is 0 Å². The summed E-state index contributed by atoms with van der Waals surface area (Å²) < 4.78 is 17.8. The van der Waals surface area contributed by atoms with Crippen molar-refractivity contribution in [2.75, 3.05) is 13.2 Å². The molecule has 0 aromatic heterocycles. The molecule has 4 nitrogen and oxygen atoms in total. The van der Waals surface area contributed by atoms with Crippen molar-refractivity contribution in [2.24, 2.45) is 0 Å². The van der Waals surface area contributed by atoms with Crippen molar-refractivity contribution in [3.05, 3.63) is 57.6 Å². The SMILES string of the molecule is CCCOc1ccc(Cc2cc(C3CC(O)CC(C)O3)c3c(c2Cl)OCC3)cc1. The van der Waals surface area contributed by atoms with Crippen LogP contribution in [-0.4, -0.2) is 30.5 Å². The second-order valence-corrected chi connectivity index (χ2v) is 8.45. The lowest BCUT2D eigenvalue weighted by Crippen LogP contribution is -2.29. The van der Waals surface area contributed by atoms with Gasteiger partial charge in [0.1, 0.15) is 11.5 Å². The normalized spacial score (nSPS) is 23.5. The third-order valence-corrected chi connectivity index (χ3v) is 6.07. The Hall–Kier alpha value is -1.75. The van der Waals surface area contributed by atoms with Crippen molar-refractivity contribution < 1.29 is 19.3 Å². The maximum absolute atomic E-state index is 10.3. The zero-order valence-electron chi connectivity index (χ0n) is 17.1. The lowest BCUT2D eigenvalue weighted by atomic mass is 9.90. The summed E-state index contributed by atoms with van der Waals surface area (Å²) >= 11 is 6.73. The van der Waals surface area contributed by atoms with E-state index in [1.165, 1.54) is 0 Å². The van der Waals surface area contributed by atoms with Crippen LogP contribution >= 0.6 is 11.6 Å². The summed E-state index contributed by atoms with van der Waals surface area (Å²) in [6, 6.07) is 10.3. The van der Waals surface area contributed by atoms with Crippen LogP contribution in [0.1, 0.15) is 61.5 Å². The van der Waals surface area contributed by atoms with Gasteiger partial charge in [0.05, 0.1) is 36.5 Å². The van der Waals surface area contributed by atoms with Crippen molar-refractivity contribution in [1.82, 2.24) is 0 Å². The molecule has 5 heteroatoms. The molecule has 3 unspecified atom stereocenters. The third-order valence-electron chi connectivity index (χ3n) is 5.66. The van der Waals surface area contributed by atoms with Gasteiger partial charge < -0.3 is 19.3 Å². The van der Waals surface area contributed by atoms with E-state index in [-0.39, 0.29) is 18.3 Å². The molecule has 2 aliphatic heterocycles. The van der Waals surface area contributed by atoms with Crippen molar-refractivity contribution in [2.45, 2.75) is 64.3 Å². The molecule has 0 bridgehead atoms. The molecule has 2 heterocycles. The van der Waals surface area contributed by atoms with Crippen LogP contribution in [0.4, 0.5) is 0 Å². The van der Waals surface area contributed by atoms with Gasteiger partial charge in [0, 0.05) is 18.4 Å². The minimum absolute atomic E-state index is 0.0384. The van der Waals surface area contributed by atoms with Gasteiger partial charge in [0.25, 0.3) is 0 Å². The van der Waals surface area contributed by atoms with Gasteiger partial charge in [-0.25, -0.2) is 0 Å². The van der Waals surface area contributed by atoms with Crippen LogP contribution in [-0.2, 0) is 17.6 Å². The highest BCUT2D eigenvalue weighted by Gasteiger charge is 2.32. The maximum atomic E-state index is 10.3. The van der Waals surface area contributed by atoms with E-state index < -0.39 is 0 Å². The van der Waals surface area contributed by atoms with Crippen LogP contribution in [0, 0.1) is 0 Å². The molecular formula is C24H29ClO4. The van der Waals surface area contributed by atoms with Gasteiger partial charge in [-0.1, -0.05) is 36.7 Å². The summed E-state index contributed by atoms with van der Waals surface area (Å²) in [5.74, 6) is 1.68. The Morgan fingerprint density at radius 2 is 2.00 bits per heavy atom. The number of aliphatic hydroxyl groups is 1. The van der Waals surface area contributed by atoms with E-state index in [1.54, 1.807) is 0 Å². The molecule has 3 atom stereocenters. The van der Waals surface area contributed by atoms with Crippen LogP contribution in [0.25, 0.3) is 0 Å². The van der Waals surface area contributed by atoms with E-state index >= 15 is 0 Å². The Bertz CT molecular complexity index is 839. The average molecular weight is 417 g/mol. The van der Waals surface area contributed by atoms with Crippen LogP contribution in [0.5, 0.6) is 11.5 Å². The number of fused-ring (bicyclic) bond motifs is 1. The molecule has 2 aromatic carbocycles. The molecule has 1 fully saturated rings. The molecule has 1 N–H and O–H groups in total. The summed E-state index contributed by atoms with van der Waals surface area (Å²) in [5.41, 5.74) is 4.44. The second-order valence-electron chi connectivity index (χ2n) is 8.07. The van der Waals surface area contributed by atoms with Gasteiger partial charge in [-0.05, 0) is 55.0 Å². The van der Waals surface area contributed by atoms with E-state index in [9.17, 15) is 5.11 Å². The fraction of sp³-hybridized carbons (Fsp3) is 0.500. The van der Waals surface area contributed by atoms with Crippen molar-refractivity contribution in [3.63, 3.8) is 0 Å². The lowest BCUT2D eigenvalue weighted by Gasteiger charge is -2.33. The van der Waals surface area contributed by atoms with E-state index in [2.05, 4.69) is 25.1 Å². The summed E-state index contributed by atoms with van der Waals surface area (Å²) in [5, 5.41) is 10.9. The molecule has 29 heavy (non-hydrogen) atoms. The summed E-state index contributed by atoms with van der Waals surface area (Å²) in [6.45, 7) is 5.48. The average Bonchev–Trinajstić information content (AvgIpc) is 3.19. The van der Waals surface area contributed by atoms with Gasteiger partial charge in [0.2, 0.25) is 0 Å². The number of aliphatic hydroxyl groups excluding tert-OH is 1. The zero-order chi connectivity index (χ0) is 20.4. The number of hydrogen-bond donors (Lipinski definition) is 1. The van der Waals surface area contributed by atoms with Crippen LogP contribution in [0.2, 0.25) is 5.02 Å². The van der Waals surface area contributed by atoms with E-state index in [1.807, 2.05) is 19.1 Å². The fourth-order valence-electron chi connectivity index (χ4n) is 4.29. The minimum Gasteiger partial charge on any atom is -0.494 e. The Morgan fingerprint density at radius 1 is 1.21 bits per heavy atom. The second kappa shape index (κ2) is 8.95. The van der Waals surface area contributed by atoms with Crippen LogP contribution in [0.3, 0.4) is 0 Å². The molecular weight excluding hydrogens is 388 g/mol. The highest BCUT2D eigenvalue weighted by atomic mass is 35.5. The van der Waals surface area contributed by atoms with Crippen molar-refractivity contribution >= 4 is 11.6 Å². The predicted molar refractivity (Wildman–Crippen MR) is 114 cm³/mol. The predicted octanol–water partition coefficient (Wildman–Crippen LogP) is 5.26. The highest BCUT2D eigenvalue weighted by Crippen LogP contribution is 2.44. The highest BCUT2D eigenvalue weighted by molar-refractivity contribution is 6.33. The Balaban J connectivity index is 1.62. The maximum Gasteiger partial charge on any atom is 0.141 e. The molecule has 0 aliphatic carbocycles. The van der Waals surface area contributed by atoms with Gasteiger partial charge in [-0.15, -0.1) is 0 Å². The Kier molecular flexibility index (Phi) is 6.33. The number of benzene rings is 2. The van der Waals surface area contributed by atoms with Crippen molar-refractivity contribution in [1.29, 1.82) is 0 Å². The molecule has 0 spiro atoms. The number of hydrogen-bond acceptors (Lipinski definition) is 4. The molecule has 0 radical (unpaired) electrons. The molecule has 2 aromatic rings. The smallest absolute Gasteiger partial charge is 0.141 e. The topological polar surface area (TPSA) is 47.9 Å². The van der Waals surface area contributed by atoms with Crippen LogP contribution in [0.15, 0.2) is 30.3 Å². The molecule has 4 rings (SSSR count). The largest absolute Gasteiger partial charge is 0.494 e. The van der Waals surface area contributed by atoms with E-state index in [0.717, 1.165) is 53.2 Å². The molecule has 1 saturated heterocycles. The first-order chi connectivity index (χ1) is 14.0. The number of ether oxygens (including phenoxy) is 3. The Labute approximate surface area is 177 Å². The molecule has 0 amide bonds. The summed E-state index contributed by atoms with van der Waals surface area (Å²) in [7, 11) is 0. The van der Waals surface area contributed by atoms with Gasteiger partial charge >= 0.3 is 0 Å². The first kappa shape index (κ1) is 20.5. The van der Waals surface area contributed by atoms with Gasteiger partial charge in [-0.3, -0.25) is 0 Å². The monoisotopic (exact) mass is 416 g/mol. The molecule has 156 valence electrons. The van der Waals surface area contributed by atoms with Crippen LogP contribution < -0.4 is 9.47 Å².